The Labute approximate surface area is 135 Å². The summed E-state index contributed by atoms with van der Waals surface area (Å²) in [6.07, 6.45) is 2.25. The van der Waals surface area contributed by atoms with Gasteiger partial charge in [0, 0.05) is 35.6 Å². The fraction of sp³-hybridized carbons (Fsp3) is 0.600. The van der Waals surface area contributed by atoms with E-state index in [0.717, 1.165) is 42.9 Å². The van der Waals surface area contributed by atoms with Gasteiger partial charge in [-0.1, -0.05) is 15.9 Å². The molecule has 1 fully saturated rings. The minimum Gasteiger partial charge on any atom is -0.493 e. The van der Waals surface area contributed by atoms with Gasteiger partial charge in [-0.2, -0.15) is 0 Å². The molecule has 2 atom stereocenters. The Balaban J connectivity index is 0.00000147. The second kappa shape index (κ2) is 6.65. The largest absolute Gasteiger partial charge is 0.493 e. The first-order valence-corrected chi connectivity index (χ1v) is 7.85. The average molecular weight is 362 g/mol. The zero-order valence-corrected chi connectivity index (χ0v) is 14.2. The fourth-order valence-corrected chi connectivity index (χ4v) is 3.84. The van der Waals surface area contributed by atoms with Gasteiger partial charge >= 0.3 is 0 Å². The van der Waals surface area contributed by atoms with E-state index in [2.05, 4.69) is 39.9 Å². The van der Waals surface area contributed by atoms with Crippen molar-refractivity contribution >= 4 is 28.3 Å². The van der Waals surface area contributed by atoms with Crippen molar-refractivity contribution in [2.24, 2.45) is 11.7 Å². The summed E-state index contributed by atoms with van der Waals surface area (Å²) in [6.45, 7) is 6.00. The van der Waals surface area contributed by atoms with Crippen LogP contribution in [0, 0.1) is 5.92 Å². The standard InChI is InChI=1S/C15H21BrN2O.ClH/c1-10-4-11(7-17)8-18(10)9-13-6-14(16)5-12-2-3-19-15(12)13;/h5-6,10-11H,2-4,7-9,17H2,1H3;1H. The topological polar surface area (TPSA) is 38.5 Å². The monoisotopic (exact) mass is 360 g/mol. The van der Waals surface area contributed by atoms with Crippen LogP contribution >= 0.6 is 28.3 Å². The minimum atomic E-state index is 0. The number of nitrogens with zero attached hydrogens (tertiary/aromatic N) is 1. The van der Waals surface area contributed by atoms with Crippen molar-refractivity contribution in [1.29, 1.82) is 0 Å². The number of halogens is 2. The van der Waals surface area contributed by atoms with Crippen LogP contribution in [0.15, 0.2) is 16.6 Å². The van der Waals surface area contributed by atoms with Gasteiger partial charge in [-0.15, -0.1) is 12.4 Å². The Morgan fingerprint density at radius 3 is 2.95 bits per heavy atom. The molecule has 0 amide bonds. The highest BCUT2D eigenvalue weighted by molar-refractivity contribution is 9.10. The molecule has 0 saturated carbocycles. The molecular formula is C15H22BrClN2O. The van der Waals surface area contributed by atoms with Gasteiger partial charge in [-0.3, -0.25) is 4.90 Å². The molecule has 0 radical (unpaired) electrons. The first-order chi connectivity index (χ1) is 9.17. The van der Waals surface area contributed by atoms with Gasteiger partial charge in [0.15, 0.2) is 0 Å². The smallest absolute Gasteiger partial charge is 0.127 e. The quantitative estimate of drug-likeness (QED) is 0.899. The maximum Gasteiger partial charge on any atom is 0.127 e. The van der Waals surface area contributed by atoms with Crippen LogP contribution in [0.5, 0.6) is 5.75 Å². The van der Waals surface area contributed by atoms with E-state index in [4.69, 9.17) is 10.5 Å². The fourth-order valence-electron chi connectivity index (χ4n) is 3.29. The molecule has 20 heavy (non-hydrogen) atoms. The van der Waals surface area contributed by atoms with Crippen LogP contribution in [-0.4, -0.2) is 30.6 Å². The number of hydrogen-bond donors (Lipinski definition) is 1. The Kier molecular flexibility index (Phi) is 5.35. The summed E-state index contributed by atoms with van der Waals surface area (Å²) in [5.41, 5.74) is 8.46. The molecule has 0 aliphatic carbocycles. The molecule has 0 aromatic heterocycles. The van der Waals surface area contributed by atoms with Crippen molar-refractivity contribution in [2.45, 2.75) is 32.4 Å². The van der Waals surface area contributed by atoms with Gasteiger partial charge in [-0.05, 0) is 43.5 Å². The summed E-state index contributed by atoms with van der Waals surface area (Å²) in [5, 5.41) is 0. The molecule has 3 nitrogen and oxygen atoms in total. The van der Waals surface area contributed by atoms with E-state index in [9.17, 15) is 0 Å². The van der Waals surface area contributed by atoms with Crippen LogP contribution in [0.2, 0.25) is 0 Å². The SMILES string of the molecule is CC1CC(CN)CN1Cc1cc(Br)cc2c1OCC2.Cl. The van der Waals surface area contributed by atoms with Gasteiger partial charge in [0.05, 0.1) is 6.61 Å². The first-order valence-electron chi connectivity index (χ1n) is 7.05. The number of rotatable bonds is 3. The predicted molar refractivity (Wildman–Crippen MR) is 87.6 cm³/mol. The third-order valence-corrected chi connectivity index (χ3v) is 4.78. The van der Waals surface area contributed by atoms with E-state index in [1.54, 1.807) is 0 Å². The molecule has 112 valence electrons. The van der Waals surface area contributed by atoms with Crippen molar-refractivity contribution in [2.75, 3.05) is 19.7 Å². The van der Waals surface area contributed by atoms with Crippen LogP contribution in [0.25, 0.3) is 0 Å². The Bertz CT molecular complexity index is 483. The highest BCUT2D eigenvalue weighted by Gasteiger charge is 2.29. The molecule has 2 N–H and O–H groups in total. The Morgan fingerprint density at radius 1 is 1.45 bits per heavy atom. The van der Waals surface area contributed by atoms with E-state index in [-0.39, 0.29) is 12.4 Å². The lowest BCUT2D eigenvalue weighted by molar-refractivity contribution is 0.250. The molecule has 5 heteroatoms. The molecule has 1 aromatic carbocycles. The highest BCUT2D eigenvalue weighted by Crippen LogP contribution is 2.35. The van der Waals surface area contributed by atoms with Gasteiger partial charge in [0.25, 0.3) is 0 Å². The van der Waals surface area contributed by atoms with Gasteiger partial charge in [0.2, 0.25) is 0 Å². The highest BCUT2D eigenvalue weighted by atomic mass is 79.9. The van der Waals surface area contributed by atoms with Crippen LogP contribution < -0.4 is 10.5 Å². The van der Waals surface area contributed by atoms with Crippen molar-refractivity contribution in [3.63, 3.8) is 0 Å². The number of benzene rings is 1. The summed E-state index contributed by atoms with van der Waals surface area (Å²) in [5.74, 6) is 1.77. The zero-order chi connectivity index (χ0) is 13.4. The summed E-state index contributed by atoms with van der Waals surface area (Å²) < 4.78 is 6.97. The van der Waals surface area contributed by atoms with Crippen molar-refractivity contribution < 1.29 is 4.74 Å². The predicted octanol–water partition coefficient (Wildman–Crippen LogP) is 2.97. The lowest BCUT2D eigenvalue weighted by Crippen LogP contribution is -2.27. The van der Waals surface area contributed by atoms with Gasteiger partial charge in [0.1, 0.15) is 5.75 Å². The molecule has 2 aliphatic heterocycles. The maximum atomic E-state index is 5.81. The molecule has 2 heterocycles. The van der Waals surface area contributed by atoms with E-state index >= 15 is 0 Å². The molecule has 0 bridgehead atoms. The van der Waals surface area contributed by atoms with Crippen LogP contribution in [0.1, 0.15) is 24.5 Å². The minimum absolute atomic E-state index is 0. The third-order valence-electron chi connectivity index (χ3n) is 4.32. The normalized spacial score (nSPS) is 25.1. The van der Waals surface area contributed by atoms with E-state index < -0.39 is 0 Å². The number of nitrogens with two attached hydrogens (primary N) is 1. The van der Waals surface area contributed by atoms with Crippen molar-refractivity contribution in [3.05, 3.63) is 27.7 Å². The van der Waals surface area contributed by atoms with E-state index in [0.29, 0.717) is 12.0 Å². The zero-order valence-electron chi connectivity index (χ0n) is 11.8. The summed E-state index contributed by atoms with van der Waals surface area (Å²) in [7, 11) is 0. The number of hydrogen-bond acceptors (Lipinski definition) is 3. The van der Waals surface area contributed by atoms with E-state index in [1.807, 2.05) is 0 Å². The molecule has 0 spiro atoms. The van der Waals surface area contributed by atoms with Crippen LogP contribution in [0.3, 0.4) is 0 Å². The lowest BCUT2D eigenvalue weighted by atomic mass is 10.1. The molecule has 1 aromatic rings. The van der Waals surface area contributed by atoms with Crippen LogP contribution in [-0.2, 0) is 13.0 Å². The molecular weight excluding hydrogens is 340 g/mol. The summed E-state index contributed by atoms with van der Waals surface area (Å²) >= 11 is 3.61. The van der Waals surface area contributed by atoms with Gasteiger partial charge in [-0.25, -0.2) is 0 Å². The first kappa shape index (κ1) is 16.1. The number of likely N-dealkylation sites (tertiary alicyclic amines) is 1. The molecule has 1 saturated heterocycles. The third kappa shape index (κ3) is 3.14. The number of fused-ring (bicyclic) bond motifs is 1. The average Bonchev–Trinajstić information content (AvgIpc) is 2.96. The summed E-state index contributed by atoms with van der Waals surface area (Å²) in [6, 6.07) is 5.00. The Morgan fingerprint density at radius 2 is 2.25 bits per heavy atom. The maximum absolute atomic E-state index is 5.81. The number of ether oxygens (including phenoxy) is 1. The van der Waals surface area contributed by atoms with Crippen molar-refractivity contribution in [1.82, 2.24) is 4.90 Å². The second-order valence-electron chi connectivity index (χ2n) is 5.77. The second-order valence-corrected chi connectivity index (χ2v) is 6.68. The van der Waals surface area contributed by atoms with Crippen LogP contribution in [0.4, 0.5) is 0 Å². The Hall–Kier alpha value is -0.290. The van der Waals surface area contributed by atoms with Crippen molar-refractivity contribution in [3.8, 4) is 5.75 Å². The molecule has 2 aliphatic rings. The van der Waals surface area contributed by atoms with Gasteiger partial charge < -0.3 is 10.5 Å². The molecule has 3 rings (SSSR count). The van der Waals surface area contributed by atoms with E-state index in [1.165, 1.54) is 17.5 Å². The lowest BCUT2D eigenvalue weighted by Gasteiger charge is -2.22. The molecule has 2 unspecified atom stereocenters. The summed E-state index contributed by atoms with van der Waals surface area (Å²) in [4.78, 5) is 2.53.